The SMILES string of the molecule is O=S(=O)(Cc1cc(Br)ccc1Oc1c[c]ccc1)c1ccccc1. The van der Waals surface area contributed by atoms with E-state index in [4.69, 9.17) is 4.74 Å². The predicted octanol–water partition coefficient (Wildman–Crippen LogP) is 5.02. The van der Waals surface area contributed by atoms with E-state index in [-0.39, 0.29) is 5.75 Å². The number of sulfone groups is 1. The summed E-state index contributed by atoms with van der Waals surface area (Å²) >= 11 is 3.39. The molecular formula is C19H14BrO3S. The molecule has 0 saturated heterocycles. The molecule has 0 fully saturated rings. The zero-order valence-corrected chi connectivity index (χ0v) is 15.0. The highest BCUT2D eigenvalue weighted by molar-refractivity contribution is 9.10. The molecule has 0 heterocycles. The highest BCUT2D eigenvalue weighted by Gasteiger charge is 2.18. The van der Waals surface area contributed by atoms with E-state index in [1.54, 1.807) is 60.7 Å². The average molecular weight is 402 g/mol. The van der Waals surface area contributed by atoms with Gasteiger partial charge in [0.05, 0.1) is 10.6 Å². The molecule has 0 aromatic heterocycles. The predicted molar refractivity (Wildman–Crippen MR) is 96.8 cm³/mol. The summed E-state index contributed by atoms with van der Waals surface area (Å²) in [6, 6.07) is 23.8. The summed E-state index contributed by atoms with van der Waals surface area (Å²) in [7, 11) is -3.45. The number of benzene rings is 3. The van der Waals surface area contributed by atoms with Crippen LogP contribution in [0.2, 0.25) is 0 Å². The summed E-state index contributed by atoms with van der Waals surface area (Å²) in [6.07, 6.45) is 0. The molecule has 3 rings (SSSR count). The van der Waals surface area contributed by atoms with E-state index in [1.165, 1.54) is 0 Å². The molecule has 24 heavy (non-hydrogen) atoms. The van der Waals surface area contributed by atoms with Crippen molar-refractivity contribution in [3.63, 3.8) is 0 Å². The number of halogens is 1. The standard InChI is InChI=1S/C19H14BrO3S/c20-16-11-12-19(23-17-7-3-1-4-8-17)15(13-16)14-24(21,22)18-9-5-2-6-10-18/h1-3,5-13H,14H2. The Balaban J connectivity index is 1.94. The normalized spacial score (nSPS) is 11.2. The lowest BCUT2D eigenvalue weighted by Crippen LogP contribution is -2.06. The van der Waals surface area contributed by atoms with Crippen LogP contribution in [0.25, 0.3) is 0 Å². The molecule has 1 radical (unpaired) electrons. The van der Waals surface area contributed by atoms with Gasteiger partial charge in [0, 0.05) is 10.0 Å². The average Bonchev–Trinajstić information content (AvgIpc) is 2.59. The first-order chi connectivity index (χ1) is 11.5. The topological polar surface area (TPSA) is 43.4 Å². The van der Waals surface area contributed by atoms with Crippen molar-refractivity contribution < 1.29 is 13.2 Å². The summed E-state index contributed by atoms with van der Waals surface area (Å²) < 4.78 is 31.9. The van der Waals surface area contributed by atoms with Crippen molar-refractivity contribution in [2.24, 2.45) is 0 Å². The Morgan fingerprint density at radius 3 is 2.50 bits per heavy atom. The van der Waals surface area contributed by atoms with E-state index in [0.29, 0.717) is 22.0 Å². The van der Waals surface area contributed by atoms with E-state index in [0.717, 1.165) is 4.47 Å². The van der Waals surface area contributed by atoms with Crippen LogP contribution in [0, 0.1) is 6.07 Å². The molecule has 0 aliphatic carbocycles. The molecule has 0 amide bonds. The van der Waals surface area contributed by atoms with Crippen LogP contribution in [0.3, 0.4) is 0 Å². The maximum Gasteiger partial charge on any atom is 0.182 e. The molecule has 0 bridgehead atoms. The lowest BCUT2D eigenvalue weighted by atomic mass is 10.2. The molecule has 0 aliphatic rings. The van der Waals surface area contributed by atoms with Crippen molar-refractivity contribution in [3.05, 3.63) is 88.9 Å². The van der Waals surface area contributed by atoms with Gasteiger partial charge >= 0.3 is 0 Å². The Morgan fingerprint density at radius 2 is 1.79 bits per heavy atom. The first kappa shape index (κ1) is 16.7. The van der Waals surface area contributed by atoms with E-state index in [9.17, 15) is 8.42 Å². The highest BCUT2D eigenvalue weighted by Crippen LogP contribution is 2.30. The number of ether oxygens (including phenoxy) is 1. The van der Waals surface area contributed by atoms with E-state index >= 15 is 0 Å². The van der Waals surface area contributed by atoms with Crippen LogP contribution in [-0.4, -0.2) is 8.42 Å². The molecule has 0 unspecified atom stereocenters. The maximum absolute atomic E-state index is 12.6. The molecule has 3 nitrogen and oxygen atoms in total. The molecule has 0 N–H and O–H groups in total. The van der Waals surface area contributed by atoms with Crippen LogP contribution in [0.1, 0.15) is 5.56 Å². The van der Waals surface area contributed by atoms with Gasteiger partial charge < -0.3 is 4.74 Å². The van der Waals surface area contributed by atoms with Crippen molar-refractivity contribution in [3.8, 4) is 11.5 Å². The summed E-state index contributed by atoms with van der Waals surface area (Å²) in [4.78, 5) is 0.295. The van der Waals surface area contributed by atoms with Gasteiger partial charge in [-0.05, 0) is 48.5 Å². The zero-order valence-electron chi connectivity index (χ0n) is 12.6. The lowest BCUT2D eigenvalue weighted by Gasteiger charge is -2.12. The first-order valence-electron chi connectivity index (χ1n) is 7.25. The second-order valence-electron chi connectivity index (χ2n) is 5.17. The van der Waals surface area contributed by atoms with Gasteiger partial charge in [0.1, 0.15) is 11.5 Å². The minimum Gasteiger partial charge on any atom is -0.457 e. The molecule has 0 saturated carbocycles. The van der Waals surface area contributed by atoms with Gasteiger partial charge in [-0.15, -0.1) is 0 Å². The van der Waals surface area contributed by atoms with Gasteiger partial charge in [0.25, 0.3) is 0 Å². The second-order valence-corrected chi connectivity index (χ2v) is 8.07. The third-order valence-electron chi connectivity index (χ3n) is 3.38. The van der Waals surface area contributed by atoms with Crippen LogP contribution >= 0.6 is 15.9 Å². The Bertz CT molecular complexity index is 923. The smallest absolute Gasteiger partial charge is 0.182 e. The molecular weight excluding hydrogens is 388 g/mol. The van der Waals surface area contributed by atoms with E-state index in [2.05, 4.69) is 22.0 Å². The summed E-state index contributed by atoms with van der Waals surface area (Å²) in [5.41, 5.74) is 0.595. The fourth-order valence-corrected chi connectivity index (χ4v) is 4.03. The lowest BCUT2D eigenvalue weighted by molar-refractivity contribution is 0.477. The maximum atomic E-state index is 12.6. The monoisotopic (exact) mass is 401 g/mol. The molecule has 3 aromatic carbocycles. The summed E-state index contributed by atoms with van der Waals surface area (Å²) in [5.74, 6) is 0.984. The molecule has 0 aliphatic heterocycles. The van der Waals surface area contributed by atoms with Gasteiger partial charge in [0.2, 0.25) is 0 Å². The van der Waals surface area contributed by atoms with Gasteiger partial charge in [-0.1, -0.05) is 46.3 Å². The van der Waals surface area contributed by atoms with E-state index < -0.39 is 9.84 Å². The Labute approximate surface area is 150 Å². The van der Waals surface area contributed by atoms with Crippen molar-refractivity contribution in [2.75, 3.05) is 0 Å². The molecule has 0 atom stereocenters. The molecule has 0 spiro atoms. The van der Waals surface area contributed by atoms with Gasteiger partial charge in [-0.3, -0.25) is 0 Å². The van der Waals surface area contributed by atoms with E-state index in [1.807, 2.05) is 12.1 Å². The van der Waals surface area contributed by atoms with Gasteiger partial charge in [-0.25, -0.2) is 8.42 Å². The van der Waals surface area contributed by atoms with Crippen LogP contribution < -0.4 is 4.74 Å². The fraction of sp³-hybridized carbons (Fsp3) is 0.0526. The van der Waals surface area contributed by atoms with Crippen molar-refractivity contribution in [2.45, 2.75) is 10.6 Å². The third kappa shape index (κ3) is 4.04. The van der Waals surface area contributed by atoms with Crippen LogP contribution in [-0.2, 0) is 15.6 Å². The number of hydrogen-bond donors (Lipinski definition) is 0. The minimum atomic E-state index is -3.45. The fourth-order valence-electron chi connectivity index (χ4n) is 2.24. The Kier molecular flexibility index (Phi) is 5.02. The largest absolute Gasteiger partial charge is 0.457 e. The molecule has 3 aromatic rings. The van der Waals surface area contributed by atoms with Crippen molar-refractivity contribution in [1.29, 1.82) is 0 Å². The third-order valence-corrected chi connectivity index (χ3v) is 5.55. The quantitative estimate of drug-likeness (QED) is 0.602. The van der Waals surface area contributed by atoms with Crippen LogP contribution in [0.15, 0.2) is 82.2 Å². The van der Waals surface area contributed by atoms with Crippen LogP contribution in [0.4, 0.5) is 0 Å². The zero-order chi connectivity index (χ0) is 17.0. The van der Waals surface area contributed by atoms with Gasteiger partial charge in [-0.2, -0.15) is 0 Å². The Morgan fingerprint density at radius 1 is 1.00 bits per heavy atom. The Hall–Kier alpha value is -2.11. The number of hydrogen-bond acceptors (Lipinski definition) is 3. The van der Waals surface area contributed by atoms with Crippen molar-refractivity contribution in [1.82, 2.24) is 0 Å². The second kappa shape index (κ2) is 7.20. The summed E-state index contributed by atoms with van der Waals surface area (Å²) in [5, 5.41) is 0. The first-order valence-corrected chi connectivity index (χ1v) is 9.69. The molecule has 121 valence electrons. The van der Waals surface area contributed by atoms with Crippen LogP contribution in [0.5, 0.6) is 11.5 Å². The minimum absolute atomic E-state index is 0.137. The van der Waals surface area contributed by atoms with Gasteiger partial charge in [0.15, 0.2) is 9.84 Å². The summed E-state index contributed by atoms with van der Waals surface area (Å²) in [6.45, 7) is 0. The molecule has 5 heteroatoms. The number of rotatable bonds is 5. The van der Waals surface area contributed by atoms with Crippen molar-refractivity contribution >= 4 is 25.8 Å². The highest BCUT2D eigenvalue weighted by atomic mass is 79.9.